The summed E-state index contributed by atoms with van der Waals surface area (Å²) in [6.07, 6.45) is 2.50. The molecule has 1 unspecified atom stereocenters. The van der Waals surface area contributed by atoms with Crippen molar-refractivity contribution in [3.8, 4) is 0 Å². The molecule has 0 spiro atoms. The fourth-order valence-electron chi connectivity index (χ4n) is 0.942. The second-order valence-electron chi connectivity index (χ2n) is 2.82. The first-order valence-electron chi connectivity index (χ1n) is 4.28. The van der Waals surface area contributed by atoms with Gasteiger partial charge in [-0.25, -0.2) is 4.98 Å². The largest absolute Gasteiger partial charge is 0.393 e. The van der Waals surface area contributed by atoms with E-state index < -0.39 is 18.6 Å². The molecule has 1 heterocycles. The van der Waals surface area contributed by atoms with E-state index in [1.165, 1.54) is 0 Å². The van der Waals surface area contributed by atoms with Gasteiger partial charge in [-0.05, 0) is 0 Å². The van der Waals surface area contributed by atoms with Gasteiger partial charge in [-0.15, -0.1) is 0 Å². The van der Waals surface area contributed by atoms with Crippen LogP contribution in [0, 0.1) is 0 Å². The van der Waals surface area contributed by atoms with Crippen molar-refractivity contribution in [2.45, 2.75) is 12.5 Å². The van der Waals surface area contributed by atoms with Crippen LogP contribution in [0.5, 0.6) is 0 Å². The number of imidazole rings is 1. The number of H-pyrrole nitrogens is 1. The molecular formula is C8H13N3O3. The highest BCUT2D eigenvalue weighted by molar-refractivity contribution is 5.80. The van der Waals surface area contributed by atoms with Crippen LogP contribution in [0.3, 0.4) is 0 Å². The van der Waals surface area contributed by atoms with Crippen molar-refractivity contribution in [2.75, 3.05) is 13.2 Å². The number of carbonyl (C=O) groups excluding carboxylic acids is 1. The van der Waals surface area contributed by atoms with Crippen molar-refractivity contribution in [1.29, 1.82) is 0 Å². The Hall–Kier alpha value is -1.40. The number of nitrogens with zero attached hydrogens (tertiary/aromatic N) is 1. The molecule has 0 aliphatic rings. The zero-order valence-corrected chi connectivity index (χ0v) is 7.60. The van der Waals surface area contributed by atoms with Crippen LogP contribution in [0.15, 0.2) is 12.5 Å². The highest BCUT2D eigenvalue weighted by atomic mass is 16.3. The normalized spacial score (nSPS) is 12.4. The lowest BCUT2D eigenvalue weighted by Gasteiger charge is -2.07. The van der Waals surface area contributed by atoms with Crippen molar-refractivity contribution < 1.29 is 15.0 Å². The molecule has 0 bridgehead atoms. The zero-order valence-electron chi connectivity index (χ0n) is 7.60. The summed E-state index contributed by atoms with van der Waals surface area (Å²) in [7, 11) is 0. The number of rotatable bonds is 5. The number of nitrogens with one attached hydrogen (secondary N) is 2. The molecule has 4 N–H and O–H groups in total. The fraction of sp³-hybridized carbons (Fsp3) is 0.500. The van der Waals surface area contributed by atoms with Gasteiger partial charge in [-0.1, -0.05) is 0 Å². The van der Waals surface area contributed by atoms with Crippen LogP contribution in [-0.2, 0) is 11.2 Å². The monoisotopic (exact) mass is 199 g/mol. The van der Waals surface area contributed by atoms with Crippen LogP contribution in [0.4, 0.5) is 0 Å². The highest BCUT2D eigenvalue weighted by Gasteiger charge is 2.11. The van der Waals surface area contributed by atoms with E-state index >= 15 is 0 Å². The Morgan fingerprint density at radius 1 is 1.71 bits per heavy atom. The molecule has 6 nitrogen and oxygen atoms in total. The lowest BCUT2D eigenvalue weighted by molar-refractivity contribution is -0.131. The summed E-state index contributed by atoms with van der Waals surface area (Å²) in [5, 5.41) is 19.8. The number of aliphatic hydroxyl groups is 2. The number of aromatic nitrogens is 2. The molecule has 0 saturated heterocycles. The average Bonchev–Trinajstić information content (AvgIpc) is 2.69. The number of hydrogen-bond donors (Lipinski definition) is 4. The van der Waals surface area contributed by atoms with Crippen LogP contribution in [0.1, 0.15) is 5.69 Å². The minimum Gasteiger partial charge on any atom is -0.393 e. The number of aliphatic hydroxyl groups excluding tert-OH is 2. The SMILES string of the molecule is O=C(NCCc1cnc[nH]1)C(O)CO. The van der Waals surface area contributed by atoms with E-state index in [2.05, 4.69) is 15.3 Å². The molecule has 1 aromatic rings. The van der Waals surface area contributed by atoms with Gasteiger partial charge in [0.2, 0.25) is 0 Å². The van der Waals surface area contributed by atoms with Crippen molar-refractivity contribution in [3.63, 3.8) is 0 Å². The van der Waals surface area contributed by atoms with Gasteiger partial charge in [-0.3, -0.25) is 4.79 Å². The minimum absolute atomic E-state index is 0.401. The van der Waals surface area contributed by atoms with Crippen LogP contribution in [0.25, 0.3) is 0 Å². The summed E-state index contributed by atoms with van der Waals surface area (Å²) in [6, 6.07) is 0. The lowest BCUT2D eigenvalue weighted by Crippen LogP contribution is -2.37. The van der Waals surface area contributed by atoms with Crippen LogP contribution in [0.2, 0.25) is 0 Å². The van der Waals surface area contributed by atoms with E-state index in [0.29, 0.717) is 13.0 Å². The molecule has 1 rings (SSSR count). The van der Waals surface area contributed by atoms with Gasteiger partial charge >= 0.3 is 0 Å². The Labute approximate surface area is 81.0 Å². The first kappa shape index (κ1) is 10.7. The molecule has 0 radical (unpaired) electrons. The van der Waals surface area contributed by atoms with E-state index in [-0.39, 0.29) is 0 Å². The van der Waals surface area contributed by atoms with Crippen LogP contribution >= 0.6 is 0 Å². The van der Waals surface area contributed by atoms with Gasteiger partial charge in [0.15, 0.2) is 6.10 Å². The molecule has 14 heavy (non-hydrogen) atoms. The Bertz CT molecular complexity index is 273. The second kappa shape index (κ2) is 5.36. The molecule has 0 aliphatic carbocycles. The van der Waals surface area contributed by atoms with Gasteiger partial charge < -0.3 is 20.5 Å². The van der Waals surface area contributed by atoms with Gasteiger partial charge in [0, 0.05) is 24.9 Å². The van der Waals surface area contributed by atoms with Gasteiger partial charge in [0.25, 0.3) is 5.91 Å². The summed E-state index contributed by atoms with van der Waals surface area (Å²) < 4.78 is 0. The second-order valence-corrected chi connectivity index (χ2v) is 2.82. The van der Waals surface area contributed by atoms with Crippen molar-refractivity contribution in [1.82, 2.24) is 15.3 Å². The molecule has 1 amide bonds. The van der Waals surface area contributed by atoms with Gasteiger partial charge in [0.05, 0.1) is 12.9 Å². The third-order valence-corrected chi connectivity index (χ3v) is 1.72. The summed E-state index contributed by atoms with van der Waals surface area (Å²) in [5.41, 5.74) is 0.906. The van der Waals surface area contributed by atoms with E-state index in [4.69, 9.17) is 10.2 Å². The van der Waals surface area contributed by atoms with Crippen molar-refractivity contribution >= 4 is 5.91 Å². The van der Waals surface area contributed by atoms with E-state index in [0.717, 1.165) is 5.69 Å². The highest BCUT2D eigenvalue weighted by Crippen LogP contribution is 1.90. The van der Waals surface area contributed by atoms with E-state index in [1.807, 2.05) is 0 Å². The number of hydrogen-bond acceptors (Lipinski definition) is 4. The lowest BCUT2D eigenvalue weighted by atomic mass is 10.3. The Morgan fingerprint density at radius 3 is 3.07 bits per heavy atom. The first-order valence-corrected chi connectivity index (χ1v) is 4.28. The smallest absolute Gasteiger partial charge is 0.251 e. The summed E-state index contributed by atoms with van der Waals surface area (Å²) in [5.74, 6) is -0.563. The average molecular weight is 199 g/mol. The van der Waals surface area contributed by atoms with Gasteiger partial charge in [0.1, 0.15) is 0 Å². The topological polar surface area (TPSA) is 98.2 Å². The van der Waals surface area contributed by atoms with Crippen LogP contribution in [-0.4, -0.2) is 45.3 Å². The maximum Gasteiger partial charge on any atom is 0.251 e. The number of amides is 1. The molecule has 0 aliphatic heterocycles. The molecule has 0 saturated carbocycles. The van der Waals surface area contributed by atoms with Crippen molar-refractivity contribution in [3.05, 3.63) is 18.2 Å². The number of carbonyl (C=O) groups is 1. The van der Waals surface area contributed by atoms with Gasteiger partial charge in [-0.2, -0.15) is 0 Å². The maximum atomic E-state index is 11.0. The standard InChI is InChI=1S/C8H13N3O3/c12-4-7(13)8(14)10-2-1-6-3-9-5-11-6/h3,5,7,12-13H,1-2,4H2,(H,9,11)(H,10,14). The molecule has 0 fully saturated rings. The Morgan fingerprint density at radius 2 is 2.50 bits per heavy atom. The van der Waals surface area contributed by atoms with Crippen LogP contribution < -0.4 is 5.32 Å². The quantitative estimate of drug-likeness (QED) is 0.460. The summed E-state index contributed by atoms with van der Waals surface area (Å²) >= 11 is 0. The fourth-order valence-corrected chi connectivity index (χ4v) is 0.942. The van der Waals surface area contributed by atoms with Crippen molar-refractivity contribution in [2.24, 2.45) is 0 Å². The Kier molecular flexibility index (Phi) is 4.09. The summed E-state index contributed by atoms with van der Waals surface area (Å²) in [4.78, 5) is 17.6. The zero-order chi connectivity index (χ0) is 10.4. The summed E-state index contributed by atoms with van der Waals surface area (Å²) in [6.45, 7) is -0.159. The molecular weight excluding hydrogens is 186 g/mol. The molecule has 78 valence electrons. The molecule has 1 aromatic heterocycles. The van der Waals surface area contributed by atoms with E-state index in [1.54, 1.807) is 12.5 Å². The predicted octanol–water partition coefficient (Wildman–Crippen LogP) is -1.58. The maximum absolute atomic E-state index is 11.0. The third kappa shape index (κ3) is 3.15. The number of aromatic amines is 1. The minimum atomic E-state index is -1.34. The predicted molar refractivity (Wildman–Crippen MR) is 48.4 cm³/mol. The third-order valence-electron chi connectivity index (χ3n) is 1.72. The molecule has 6 heteroatoms. The molecule has 1 atom stereocenters. The van der Waals surface area contributed by atoms with E-state index in [9.17, 15) is 4.79 Å². The Balaban J connectivity index is 2.18. The molecule has 0 aromatic carbocycles. The first-order chi connectivity index (χ1) is 6.74.